The third kappa shape index (κ3) is 4.61. The highest BCUT2D eigenvalue weighted by Crippen LogP contribution is 2.20. The Bertz CT molecular complexity index is 746. The fourth-order valence-corrected chi connectivity index (χ4v) is 3.50. The van der Waals surface area contributed by atoms with Crippen molar-refractivity contribution >= 4 is 17.5 Å². The number of hydrogen-bond donors (Lipinski definition) is 0. The van der Waals surface area contributed by atoms with Crippen LogP contribution >= 0.6 is 0 Å². The van der Waals surface area contributed by atoms with Gasteiger partial charge in [0.25, 0.3) is 0 Å². The molecule has 1 aliphatic heterocycles. The lowest BCUT2D eigenvalue weighted by atomic mass is 9.99. The molecule has 3 heteroatoms. The molecule has 3 rings (SSSR count). The summed E-state index contributed by atoms with van der Waals surface area (Å²) in [5, 5.41) is 0. The average Bonchev–Trinajstić information content (AvgIpc) is 2.67. The first-order valence-corrected chi connectivity index (χ1v) is 9.54. The molecule has 3 nitrogen and oxygen atoms in total. The van der Waals surface area contributed by atoms with Crippen molar-refractivity contribution in [2.24, 2.45) is 0 Å². The number of Topliss-reactive ketones (excluding diaryl/α,β-unsaturated/α-hetero) is 1. The Hall–Kier alpha value is -2.39. The van der Waals surface area contributed by atoms with Gasteiger partial charge in [0.2, 0.25) is 0 Å². The molecule has 0 atom stereocenters. The van der Waals surface area contributed by atoms with Gasteiger partial charge in [0.15, 0.2) is 5.78 Å². The molecule has 2 aromatic rings. The molecule has 2 aromatic carbocycles. The number of ketones is 1. The molecule has 0 bridgehead atoms. The molecule has 0 saturated carbocycles. The molecule has 0 aliphatic carbocycles. The number of benzene rings is 2. The van der Waals surface area contributed by atoms with Crippen LogP contribution in [0.1, 0.15) is 31.4 Å². The van der Waals surface area contributed by atoms with E-state index in [4.69, 9.17) is 0 Å². The number of anilines is 1. The van der Waals surface area contributed by atoms with Crippen molar-refractivity contribution in [2.45, 2.75) is 26.8 Å². The van der Waals surface area contributed by atoms with Gasteiger partial charge in [-0.15, -0.1) is 0 Å². The molecule has 26 heavy (non-hydrogen) atoms. The second-order valence-corrected chi connectivity index (χ2v) is 6.80. The molecule has 0 amide bonds. The van der Waals surface area contributed by atoms with E-state index >= 15 is 0 Å². The second kappa shape index (κ2) is 8.81. The van der Waals surface area contributed by atoms with Crippen molar-refractivity contribution in [1.82, 2.24) is 4.90 Å². The smallest absolute Gasteiger partial charge is 0.161 e. The Morgan fingerprint density at radius 1 is 1.00 bits per heavy atom. The second-order valence-electron chi connectivity index (χ2n) is 6.80. The van der Waals surface area contributed by atoms with Crippen LogP contribution in [0, 0.1) is 0 Å². The van der Waals surface area contributed by atoms with E-state index in [1.165, 1.54) is 11.3 Å². The van der Waals surface area contributed by atoms with Crippen molar-refractivity contribution < 1.29 is 4.79 Å². The van der Waals surface area contributed by atoms with Crippen LogP contribution in [-0.4, -0.2) is 36.9 Å². The Balaban J connectivity index is 1.71. The number of carbonyl (C=O) groups is 1. The minimum Gasteiger partial charge on any atom is -0.372 e. The first-order valence-electron chi connectivity index (χ1n) is 9.54. The van der Waals surface area contributed by atoms with Gasteiger partial charge in [-0.3, -0.25) is 9.69 Å². The van der Waals surface area contributed by atoms with Gasteiger partial charge in [-0.05, 0) is 43.2 Å². The number of carbonyl (C=O) groups excluding carboxylic acids is 1. The van der Waals surface area contributed by atoms with E-state index in [2.05, 4.69) is 78.3 Å². The Morgan fingerprint density at radius 3 is 2.35 bits per heavy atom. The quantitative estimate of drug-likeness (QED) is 0.723. The topological polar surface area (TPSA) is 23.6 Å². The Labute approximate surface area is 156 Å². The van der Waals surface area contributed by atoms with Crippen LogP contribution in [0.25, 0.3) is 6.08 Å². The molecule has 1 fully saturated rings. The molecule has 0 aromatic heterocycles. The van der Waals surface area contributed by atoms with Crippen LogP contribution in [-0.2, 0) is 11.3 Å². The van der Waals surface area contributed by atoms with Crippen LogP contribution in [0.5, 0.6) is 0 Å². The molecule has 1 aliphatic rings. The van der Waals surface area contributed by atoms with Crippen molar-refractivity contribution in [3.63, 3.8) is 0 Å². The van der Waals surface area contributed by atoms with Gasteiger partial charge in [-0.2, -0.15) is 0 Å². The highest BCUT2D eigenvalue weighted by atomic mass is 16.1. The summed E-state index contributed by atoms with van der Waals surface area (Å²) >= 11 is 0. The van der Waals surface area contributed by atoms with Crippen molar-refractivity contribution in [2.75, 3.05) is 31.1 Å². The SMILES string of the molecule is CCN(CC)c1ccc(/C=C2\CN(Cc3ccccc3)CCC2=O)cc1. The first kappa shape index (κ1) is 18.4. The Morgan fingerprint density at radius 2 is 1.69 bits per heavy atom. The van der Waals surface area contributed by atoms with Crippen molar-refractivity contribution in [3.05, 3.63) is 71.3 Å². The van der Waals surface area contributed by atoms with Crippen LogP contribution in [0.4, 0.5) is 5.69 Å². The van der Waals surface area contributed by atoms with Crippen LogP contribution in [0.15, 0.2) is 60.2 Å². The maximum Gasteiger partial charge on any atom is 0.161 e. The van der Waals surface area contributed by atoms with Gasteiger partial charge >= 0.3 is 0 Å². The van der Waals surface area contributed by atoms with Gasteiger partial charge in [-0.1, -0.05) is 42.5 Å². The third-order valence-corrected chi connectivity index (χ3v) is 5.02. The largest absolute Gasteiger partial charge is 0.372 e. The number of rotatable bonds is 6. The van der Waals surface area contributed by atoms with E-state index in [0.29, 0.717) is 6.42 Å². The first-order chi connectivity index (χ1) is 12.7. The number of nitrogens with zero attached hydrogens (tertiary/aromatic N) is 2. The van der Waals surface area contributed by atoms with Crippen LogP contribution < -0.4 is 4.90 Å². The average molecular weight is 348 g/mol. The maximum absolute atomic E-state index is 12.4. The van der Waals surface area contributed by atoms with Gasteiger partial charge in [-0.25, -0.2) is 0 Å². The molecule has 0 spiro atoms. The summed E-state index contributed by atoms with van der Waals surface area (Å²) in [6, 6.07) is 19.0. The lowest BCUT2D eigenvalue weighted by molar-refractivity contribution is -0.117. The predicted molar refractivity (Wildman–Crippen MR) is 109 cm³/mol. The minimum atomic E-state index is 0.280. The molecule has 1 heterocycles. The van der Waals surface area contributed by atoms with E-state index in [9.17, 15) is 4.79 Å². The fraction of sp³-hybridized carbons (Fsp3) is 0.348. The third-order valence-electron chi connectivity index (χ3n) is 5.02. The van der Waals surface area contributed by atoms with E-state index in [1.807, 2.05) is 6.07 Å². The van der Waals surface area contributed by atoms with E-state index < -0.39 is 0 Å². The highest BCUT2D eigenvalue weighted by molar-refractivity contribution is 6.00. The lowest BCUT2D eigenvalue weighted by Crippen LogP contribution is -2.35. The summed E-state index contributed by atoms with van der Waals surface area (Å²) in [7, 11) is 0. The molecular weight excluding hydrogens is 320 g/mol. The van der Waals surface area contributed by atoms with E-state index in [1.54, 1.807) is 0 Å². The normalized spacial score (nSPS) is 16.8. The minimum absolute atomic E-state index is 0.280. The van der Waals surface area contributed by atoms with Gasteiger partial charge in [0, 0.05) is 50.4 Å². The van der Waals surface area contributed by atoms with E-state index in [-0.39, 0.29) is 5.78 Å². The Kier molecular flexibility index (Phi) is 6.24. The number of hydrogen-bond acceptors (Lipinski definition) is 3. The summed E-state index contributed by atoms with van der Waals surface area (Å²) in [5.41, 5.74) is 4.55. The lowest BCUT2D eigenvalue weighted by Gasteiger charge is -2.28. The molecular formula is C23H28N2O. The molecule has 1 saturated heterocycles. The summed E-state index contributed by atoms with van der Waals surface area (Å²) in [6.07, 6.45) is 2.67. The van der Waals surface area contributed by atoms with Crippen LogP contribution in [0.3, 0.4) is 0 Å². The molecule has 0 unspecified atom stereocenters. The van der Waals surface area contributed by atoms with Gasteiger partial charge in [0.05, 0.1) is 0 Å². The molecule has 136 valence electrons. The maximum atomic E-state index is 12.4. The number of likely N-dealkylation sites (tertiary alicyclic amines) is 1. The number of piperidine rings is 1. The van der Waals surface area contributed by atoms with Crippen molar-refractivity contribution in [1.29, 1.82) is 0 Å². The standard InChI is InChI=1S/C23H28N2O/c1-3-25(4-2)22-12-10-19(11-13-22)16-21-18-24(15-14-23(21)26)17-20-8-6-5-7-9-20/h5-13,16H,3-4,14-15,17-18H2,1-2H3/b21-16+. The predicted octanol–water partition coefficient (Wildman–Crippen LogP) is 4.39. The van der Waals surface area contributed by atoms with Gasteiger partial charge in [0.1, 0.15) is 0 Å². The highest BCUT2D eigenvalue weighted by Gasteiger charge is 2.21. The zero-order chi connectivity index (χ0) is 18.4. The van der Waals surface area contributed by atoms with Crippen molar-refractivity contribution in [3.8, 4) is 0 Å². The molecule has 0 N–H and O–H groups in total. The van der Waals surface area contributed by atoms with Gasteiger partial charge < -0.3 is 4.90 Å². The zero-order valence-electron chi connectivity index (χ0n) is 15.8. The summed E-state index contributed by atoms with van der Waals surface area (Å²) in [5.74, 6) is 0.280. The summed E-state index contributed by atoms with van der Waals surface area (Å²) in [6.45, 7) is 8.81. The summed E-state index contributed by atoms with van der Waals surface area (Å²) < 4.78 is 0. The molecule has 0 radical (unpaired) electrons. The monoisotopic (exact) mass is 348 g/mol. The van der Waals surface area contributed by atoms with E-state index in [0.717, 1.165) is 43.9 Å². The van der Waals surface area contributed by atoms with Crippen LogP contribution in [0.2, 0.25) is 0 Å². The zero-order valence-corrected chi connectivity index (χ0v) is 15.8. The fourth-order valence-electron chi connectivity index (χ4n) is 3.50. The summed E-state index contributed by atoms with van der Waals surface area (Å²) in [4.78, 5) is 17.0.